The van der Waals surface area contributed by atoms with Crippen LogP contribution in [-0.2, 0) is 14.3 Å². The van der Waals surface area contributed by atoms with Gasteiger partial charge >= 0.3 is 0 Å². The van der Waals surface area contributed by atoms with Gasteiger partial charge in [0.15, 0.2) is 0 Å². The quantitative estimate of drug-likeness (QED) is 0.807. The van der Waals surface area contributed by atoms with Crippen LogP contribution in [0.25, 0.3) is 10.4 Å². The molecule has 0 aliphatic rings. The lowest BCUT2D eigenvalue weighted by Crippen LogP contribution is -2.06. The smallest absolute Gasteiger partial charge is 0.267 e. The van der Waals surface area contributed by atoms with E-state index in [9.17, 15) is 8.42 Å². The molecule has 3 nitrogen and oxygen atoms in total. The average Bonchev–Trinajstić information content (AvgIpc) is 2.82. The Morgan fingerprint density at radius 2 is 2.06 bits per heavy atom. The zero-order chi connectivity index (χ0) is 13.2. The van der Waals surface area contributed by atoms with Crippen molar-refractivity contribution in [3.8, 4) is 10.4 Å². The van der Waals surface area contributed by atoms with Crippen molar-refractivity contribution in [2.24, 2.45) is 0 Å². The fraction of sp³-hybridized carbons (Fsp3) is 0.231. The SMILES string of the molecule is CCOS(=O)(=O)c1ccc(C)c(-c2cccs2)c1. The van der Waals surface area contributed by atoms with Gasteiger partial charge < -0.3 is 0 Å². The molecule has 1 aromatic heterocycles. The van der Waals surface area contributed by atoms with Gasteiger partial charge in [-0.05, 0) is 48.6 Å². The zero-order valence-electron chi connectivity index (χ0n) is 10.2. The van der Waals surface area contributed by atoms with E-state index >= 15 is 0 Å². The van der Waals surface area contributed by atoms with Crippen LogP contribution in [-0.4, -0.2) is 15.0 Å². The molecule has 0 bridgehead atoms. The highest BCUT2D eigenvalue weighted by molar-refractivity contribution is 7.86. The summed E-state index contributed by atoms with van der Waals surface area (Å²) in [4.78, 5) is 1.26. The molecule has 1 aromatic carbocycles. The second-order valence-corrected chi connectivity index (χ2v) is 6.38. The lowest BCUT2D eigenvalue weighted by Gasteiger charge is -2.08. The minimum atomic E-state index is -3.64. The molecule has 0 unspecified atom stereocenters. The summed E-state index contributed by atoms with van der Waals surface area (Å²) >= 11 is 1.59. The number of aryl methyl sites for hydroxylation is 1. The van der Waals surface area contributed by atoms with Gasteiger partial charge in [0.1, 0.15) is 0 Å². The van der Waals surface area contributed by atoms with Crippen molar-refractivity contribution in [1.82, 2.24) is 0 Å². The summed E-state index contributed by atoms with van der Waals surface area (Å²) in [5, 5.41) is 1.97. The Morgan fingerprint density at radius 3 is 2.67 bits per heavy atom. The van der Waals surface area contributed by atoms with Gasteiger partial charge in [-0.3, -0.25) is 4.18 Å². The highest BCUT2D eigenvalue weighted by Crippen LogP contribution is 2.30. The molecule has 2 rings (SSSR count). The summed E-state index contributed by atoms with van der Waals surface area (Å²) in [5.74, 6) is 0. The number of rotatable bonds is 4. The first kappa shape index (κ1) is 13.3. The molecule has 0 spiro atoms. The molecular formula is C13H14O3S2. The molecule has 0 saturated carbocycles. The average molecular weight is 282 g/mol. The topological polar surface area (TPSA) is 43.4 Å². The number of benzene rings is 1. The van der Waals surface area contributed by atoms with Crippen LogP contribution >= 0.6 is 11.3 Å². The fourth-order valence-electron chi connectivity index (χ4n) is 1.68. The van der Waals surface area contributed by atoms with Gasteiger partial charge in [0.2, 0.25) is 0 Å². The lowest BCUT2D eigenvalue weighted by atomic mass is 10.1. The molecule has 1 heterocycles. The van der Waals surface area contributed by atoms with Crippen molar-refractivity contribution < 1.29 is 12.6 Å². The van der Waals surface area contributed by atoms with E-state index in [1.54, 1.807) is 36.5 Å². The molecule has 0 radical (unpaired) electrons. The Morgan fingerprint density at radius 1 is 1.28 bits per heavy atom. The molecule has 18 heavy (non-hydrogen) atoms. The maximum atomic E-state index is 11.8. The first-order chi connectivity index (χ1) is 8.54. The lowest BCUT2D eigenvalue weighted by molar-refractivity contribution is 0.338. The monoisotopic (exact) mass is 282 g/mol. The molecule has 0 fully saturated rings. The Labute approximate surface area is 111 Å². The highest BCUT2D eigenvalue weighted by atomic mass is 32.2. The maximum Gasteiger partial charge on any atom is 0.296 e. The van der Waals surface area contributed by atoms with E-state index in [2.05, 4.69) is 0 Å². The zero-order valence-corrected chi connectivity index (χ0v) is 11.8. The minimum absolute atomic E-state index is 0.143. The minimum Gasteiger partial charge on any atom is -0.267 e. The van der Waals surface area contributed by atoms with Crippen LogP contribution in [0.3, 0.4) is 0 Å². The van der Waals surface area contributed by atoms with Crippen molar-refractivity contribution in [2.45, 2.75) is 18.7 Å². The standard InChI is InChI=1S/C13H14O3S2/c1-3-16-18(14,15)11-7-6-10(2)12(9-11)13-5-4-8-17-13/h4-9H,3H2,1-2H3. The van der Waals surface area contributed by atoms with Gasteiger partial charge in [-0.2, -0.15) is 8.42 Å². The van der Waals surface area contributed by atoms with Gasteiger partial charge in [0.05, 0.1) is 11.5 Å². The van der Waals surface area contributed by atoms with Gasteiger partial charge in [0, 0.05) is 4.88 Å². The number of hydrogen-bond acceptors (Lipinski definition) is 4. The molecule has 96 valence electrons. The third kappa shape index (κ3) is 2.63. The van der Waals surface area contributed by atoms with Crippen LogP contribution in [0.1, 0.15) is 12.5 Å². The van der Waals surface area contributed by atoms with Crippen LogP contribution in [0.5, 0.6) is 0 Å². The first-order valence-corrected chi connectivity index (χ1v) is 7.87. The second-order valence-electron chi connectivity index (χ2n) is 3.81. The normalized spacial score (nSPS) is 11.7. The summed E-state index contributed by atoms with van der Waals surface area (Å²) in [6.45, 7) is 3.77. The van der Waals surface area contributed by atoms with E-state index in [1.807, 2.05) is 24.4 Å². The third-order valence-corrected chi connectivity index (χ3v) is 4.84. The summed E-state index contributed by atoms with van der Waals surface area (Å²) in [5.41, 5.74) is 1.98. The van der Waals surface area contributed by atoms with Crippen molar-refractivity contribution in [3.05, 3.63) is 41.3 Å². The number of thiophene rings is 1. The predicted molar refractivity (Wildman–Crippen MR) is 73.3 cm³/mol. The Bertz CT molecular complexity index is 628. The van der Waals surface area contributed by atoms with Gasteiger partial charge in [-0.1, -0.05) is 12.1 Å². The molecule has 0 saturated heterocycles. The molecule has 0 aliphatic heterocycles. The van der Waals surface area contributed by atoms with Crippen molar-refractivity contribution in [1.29, 1.82) is 0 Å². The Kier molecular flexibility index (Phi) is 3.85. The van der Waals surface area contributed by atoms with Crippen LogP contribution in [0, 0.1) is 6.92 Å². The summed E-state index contributed by atoms with van der Waals surface area (Å²) in [7, 11) is -3.64. The van der Waals surface area contributed by atoms with Gasteiger partial charge in [0.25, 0.3) is 10.1 Å². The molecule has 0 atom stereocenters. The van der Waals surface area contributed by atoms with Crippen LogP contribution in [0.2, 0.25) is 0 Å². The molecule has 0 aliphatic carbocycles. The first-order valence-electron chi connectivity index (χ1n) is 5.58. The van der Waals surface area contributed by atoms with Crippen molar-refractivity contribution in [3.63, 3.8) is 0 Å². The van der Waals surface area contributed by atoms with Gasteiger partial charge in [-0.25, -0.2) is 0 Å². The van der Waals surface area contributed by atoms with Crippen molar-refractivity contribution in [2.75, 3.05) is 6.61 Å². The van der Waals surface area contributed by atoms with Crippen molar-refractivity contribution >= 4 is 21.5 Å². The van der Waals surface area contributed by atoms with Gasteiger partial charge in [-0.15, -0.1) is 11.3 Å². The summed E-state index contributed by atoms with van der Waals surface area (Å²) in [6, 6.07) is 8.98. The van der Waals surface area contributed by atoms with E-state index in [4.69, 9.17) is 4.18 Å². The van der Waals surface area contributed by atoms with E-state index in [0.29, 0.717) is 0 Å². The molecule has 0 amide bonds. The number of hydrogen-bond donors (Lipinski definition) is 0. The maximum absolute atomic E-state index is 11.8. The van der Waals surface area contributed by atoms with E-state index in [-0.39, 0.29) is 11.5 Å². The summed E-state index contributed by atoms with van der Waals surface area (Å²) in [6.07, 6.45) is 0. The molecular weight excluding hydrogens is 268 g/mol. The Balaban J connectivity index is 2.51. The van der Waals surface area contributed by atoms with E-state index in [0.717, 1.165) is 16.0 Å². The van der Waals surface area contributed by atoms with Crippen LogP contribution in [0.15, 0.2) is 40.6 Å². The van der Waals surface area contributed by atoms with Crippen LogP contribution < -0.4 is 0 Å². The van der Waals surface area contributed by atoms with Crippen LogP contribution in [0.4, 0.5) is 0 Å². The predicted octanol–water partition coefficient (Wildman–Crippen LogP) is 3.45. The molecule has 0 N–H and O–H groups in total. The van der Waals surface area contributed by atoms with E-state index < -0.39 is 10.1 Å². The highest BCUT2D eigenvalue weighted by Gasteiger charge is 2.16. The van der Waals surface area contributed by atoms with E-state index in [1.165, 1.54) is 0 Å². The second kappa shape index (κ2) is 5.22. The third-order valence-electron chi connectivity index (χ3n) is 2.56. The summed E-state index contributed by atoms with van der Waals surface area (Å²) < 4.78 is 28.5. The Hall–Kier alpha value is -1.17. The molecule has 2 aromatic rings. The molecule has 5 heteroatoms. The fourth-order valence-corrected chi connectivity index (χ4v) is 3.43. The largest absolute Gasteiger partial charge is 0.296 e.